The maximum absolute atomic E-state index is 9.63. The molecular weight excluding hydrogens is 112 g/mol. The summed E-state index contributed by atoms with van der Waals surface area (Å²) in [4.78, 5) is 0. The van der Waals surface area contributed by atoms with E-state index in [1.807, 2.05) is 6.92 Å². The topological polar surface area (TPSA) is 20.2 Å². The van der Waals surface area contributed by atoms with Crippen LogP contribution in [0.5, 0.6) is 0 Å². The Morgan fingerprint density at radius 3 is 2.56 bits per heavy atom. The molecule has 0 aliphatic heterocycles. The summed E-state index contributed by atoms with van der Waals surface area (Å²) in [5, 5.41) is 9.63. The third kappa shape index (κ3) is 0.645. The summed E-state index contributed by atoms with van der Waals surface area (Å²) in [6, 6.07) is 0. The van der Waals surface area contributed by atoms with Gasteiger partial charge in [0, 0.05) is 5.92 Å². The minimum Gasteiger partial charge on any atom is -0.390 e. The van der Waals surface area contributed by atoms with Crippen molar-refractivity contribution >= 4 is 0 Å². The molecule has 3 atom stereocenters. The van der Waals surface area contributed by atoms with Gasteiger partial charge in [-0.3, -0.25) is 0 Å². The van der Waals surface area contributed by atoms with Gasteiger partial charge in [-0.2, -0.15) is 0 Å². The molecule has 0 spiro atoms. The molecular formula is C8H12O. The Hall–Kier alpha value is -0.300. The lowest BCUT2D eigenvalue weighted by atomic mass is 9.91. The zero-order valence-electron chi connectivity index (χ0n) is 5.67. The molecule has 1 nitrogen and oxygen atoms in total. The summed E-state index contributed by atoms with van der Waals surface area (Å²) >= 11 is 0. The van der Waals surface area contributed by atoms with Gasteiger partial charge >= 0.3 is 0 Å². The van der Waals surface area contributed by atoms with E-state index in [0.29, 0.717) is 11.8 Å². The van der Waals surface area contributed by atoms with Gasteiger partial charge < -0.3 is 5.11 Å². The van der Waals surface area contributed by atoms with Crippen LogP contribution in [-0.2, 0) is 0 Å². The Labute approximate surface area is 55.4 Å². The van der Waals surface area contributed by atoms with Gasteiger partial charge in [-0.15, -0.1) is 0 Å². The predicted octanol–water partition coefficient (Wildman–Crippen LogP) is 1.33. The van der Waals surface area contributed by atoms with Crippen molar-refractivity contribution < 1.29 is 5.11 Å². The van der Waals surface area contributed by atoms with Crippen molar-refractivity contribution in [2.24, 2.45) is 11.8 Å². The summed E-state index contributed by atoms with van der Waals surface area (Å²) < 4.78 is 0. The maximum Gasteiger partial charge on any atom is 0.0687 e. The van der Waals surface area contributed by atoms with Crippen molar-refractivity contribution in [3.8, 4) is 0 Å². The monoisotopic (exact) mass is 124 g/mol. The molecule has 0 aromatic carbocycles. The van der Waals surface area contributed by atoms with E-state index >= 15 is 0 Å². The van der Waals surface area contributed by atoms with Gasteiger partial charge in [0.25, 0.3) is 0 Å². The normalized spacial score (nSPS) is 54.9. The number of hydrogen-bond donors (Lipinski definition) is 1. The summed E-state index contributed by atoms with van der Waals surface area (Å²) in [6.07, 6.45) is 6.57. The molecule has 1 heteroatoms. The first-order valence-corrected chi connectivity index (χ1v) is 3.59. The molecule has 2 bridgehead atoms. The van der Waals surface area contributed by atoms with Crippen molar-refractivity contribution in [3.63, 3.8) is 0 Å². The number of rotatable bonds is 0. The summed E-state index contributed by atoms with van der Waals surface area (Å²) in [5.74, 6) is 1.15. The minimum absolute atomic E-state index is 0.376. The predicted molar refractivity (Wildman–Crippen MR) is 36.0 cm³/mol. The standard InChI is InChI=1S/C8H12O/c1-8(9)5-6-2-3-7(8)4-6/h2-3,6-7,9H,4-5H2,1H3/t6-,7+,8-/m0/s1. The maximum atomic E-state index is 9.63. The average Bonchev–Trinajstić information content (AvgIpc) is 2.19. The van der Waals surface area contributed by atoms with Crippen LogP contribution in [0.3, 0.4) is 0 Å². The first-order valence-electron chi connectivity index (χ1n) is 3.59. The van der Waals surface area contributed by atoms with Gasteiger partial charge in [-0.05, 0) is 25.7 Å². The lowest BCUT2D eigenvalue weighted by Crippen LogP contribution is -2.28. The Balaban J connectivity index is 2.29. The van der Waals surface area contributed by atoms with E-state index in [1.54, 1.807) is 0 Å². The van der Waals surface area contributed by atoms with Crippen molar-refractivity contribution in [1.82, 2.24) is 0 Å². The molecule has 0 saturated heterocycles. The lowest BCUT2D eigenvalue weighted by molar-refractivity contribution is 0.0344. The van der Waals surface area contributed by atoms with E-state index in [0.717, 1.165) is 6.42 Å². The fourth-order valence-electron chi connectivity index (χ4n) is 2.07. The Morgan fingerprint density at radius 1 is 1.56 bits per heavy atom. The van der Waals surface area contributed by atoms with Gasteiger partial charge in [0.2, 0.25) is 0 Å². The van der Waals surface area contributed by atoms with Crippen molar-refractivity contribution in [3.05, 3.63) is 12.2 Å². The molecule has 0 radical (unpaired) electrons. The number of allylic oxidation sites excluding steroid dienone is 1. The molecule has 0 heterocycles. The van der Waals surface area contributed by atoms with E-state index in [-0.39, 0.29) is 5.60 Å². The highest BCUT2D eigenvalue weighted by Crippen LogP contribution is 2.45. The summed E-state index contributed by atoms with van der Waals surface area (Å²) in [7, 11) is 0. The van der Waals surface area contributed by atoms with Crippen LogP contribution >= 0.6 is 0 Å². The fraction of sp³-hybridized carbons (Fsp3) is 0.750. The van der Waals surface area contributed by atoms with Crippen LogP contribution < -0.4 is 0 Å². The van der Waals surface area contributed by atoms with E-state index in [9.17, 15) is 5.11 Å². The smallest absolute Gasteiger partial charge is 0.0687 e. The van der Waals surface area contributed by atoms with Crippen molar-refractivity contribution in [2.45, 2.75) is 25.4 Å². The molecule has 0 amide bonds. The quantitative estimate of drug-likeness (QED) is 0.483. The Morgan fingerprint density at radius 2 is 2.33 bits per heavy atom. The number of fused-ring (bicyclic) bond motifs is 2. The highest BCUT2D eigenvalue weighted by Gasteiger charge is 2.43. The third-order valence-electron chi connectivity index (χ3n) is 2.65. The molecule has 1 saturated carbocycles. The first kappa shape index (κ1) is 5.48. The Kier molecular flexibility index (Phi) is 0.854. The van der Waals surface area contributed by atoms with Gasteiger partial charge in [0.15, 0.2) is 0 Å². The van der Waals surface area contributed by atoms with E-state index in [1.165, 1.54) is 6.42 Å². The molecule has 2 rings (SSSR count). The van der Waals surface area contributed by atoms with Crippen molar-refractivity contribution in [2.75, 3.05) is 0 Å². The second-order valence-corrected chi connectivity index (χ2v) is 3.55. The van der Waals surface area contributed by atoms with E-state index < -0.39 is 0 Å². The molecule has 1 N–H and O–H groups in total. The van der Waals surface area contributed by atoms with Crippen molar-refractivity contribution in [1.29, 1.82) is 0 Å². The van der Waals surface area contributed by atoms with Gasteiger partial charge in [-0.1, -0.05) is 12.2 Å². The molecule has 0 unspecified atom stereocenters. The molecule has 1 fully saturated rings. The molecule has 0 aromatic heterocycles. The zero-order chi connectivity index (χ0) is 6.48. The highest BCUT2D eigenvalue weighted by atomic mass is 16.3. The molecule has 9 heavy (non-hydrogen) atoms. The van der Waals surface area contributed by atoms with Crippen LogP contribution in [0.1, 0.15) is 19.8 Å². The minimum atomic E-state index is -0.376. The molecule has 2 aliphatic rings. The first-order chi connectivity index (χ1) is 4.18. The average molecular weight is 124 g/mol. The van der Waals surface area contributed by atoms with Gasteiger partial charge in [-0.25, -0.2) is 0 Å². The number of aliphatic hydroxyl groups is 1. The SMILES string of the molecule is C[C@]1(O)C[C@H]2C=C[C@@H]1C2. The van der Waals surface area contributed by atoms with Crippen LogP contribution in [0.25, 0.3) is 0 Å². The third-order valence-corrected chi connectivity index (χ3v) is 2.65. The second kappa shape index (κ2) is 1.40. The van der Waals surface area contributed by atoms with Crippen LogP contribution in [0.2, 0.25) is 0 Å². The van der Waals surface area contributed by atoms with E-state index in [2.05, 4.69) is 12.2 Å². The van der Waals surface area contributed by atoms with Crippen LogP contribution in [-0.4, -0.2) is 10.7 Å². The van der Waals surface area contributed by atoms with Gasteiger partial charge in [0.1, 0.15) is 0 Å². The van der Waals surface area contributed by atoms with Crippen LogP contribution in [0.4, 0.5) is 0 Å². The number of hydrogen-bond acceptors (Lipinski definition) is 1. The Bertz CT molecular complexity index is 158. The van der Waals surface area contributed by atoms with Gasteiger partial charge in [0.05, 0.1) is 5.60 Å². The molecule has 0 aromatic rings. The summed E-state index contributed by atoms with van der Waals surface area (Å²) in [6.45, 7) is 1.95. The lowest BCUT2D eigenvalue weighted by Gasteiger charge is -2.24. The largest absolute Gasteiger partial charge is 0.390 e. The summed E-state index contributed by atoms with van der Waals surface area (Å²) in [5.41, 5.74) is -0.376. The second-order valence-electron chi connectivity index (χ2n) is 3.55. The zero-order valence-corrected chi connectivity index (χ0v) is 5.67. The highest BCUT2D eigenvalue weighted by molar-refractivity contribution is 5.15. The molecule has 2 aliphatic carbocycles. The van der Waals surface area contributed by atoms with E-state index in [4.69, 9.17) is 0 Å². The molecule has 50 valence electrons. The van der Waals surface area contributed by atoms with Crippen LogP contribution in [0, 0.1) is 11.8 Å². The fourth-order valence-corrected chi connectivity index (χ4v) is 2.07. The van der Waals surface area contributed by atoms with Crippen LogP contribution in [0.15, 0.2) is 12.2 Å².